The van der Waals surface area contributed by atoms with E-state index in [-0.39, 0.29) is 16.8 Å². The van der Waals surface area contributed by atoms with Gasteiger partial charge in [-0.25, -0.2) is 8.78 Å². The van der Waals surface area contributed by atoms with Gasteiger partial charge in [-0.2, -0.15) is 0 Å². The summed E-state index contributed by atoms with van der Waals surface area (Å²) in [5, 5.41) is 0. The molecule has 86 valence electrons. The topological polar surface area (TPSA) is 56.0 Å². The van der Waals surface area contributed by atoms with Crippen LogP contribution in [0.5, 0.6) is 0 Å². The lowest BCUT2D eigenvalue weighted by atomic mass is 10.0. The summed E-state index contributed by atoms with van der Waals surface area (Å²) in [4.78, 5) is 15.7. The molecule has 5 heteroatoms. The summed E-state index contributed by atoms with van der Waals surface area (Å²) in [5.74, 6) is -2.15. The van der Waals surface area contributed by atoms with Gasteiger partial charge in [-0.05, 0) is 18.2 Å². The molecule has 0 saturated heterocycles. The molecule has 0 atom stereocenters. The lowest BCUT2D eigenvalue weighted by molar-refractivity contribution is 0.103. The molecule has 3 nitrogen and oxygen atoms in total. The average Bonchev–Trinajstić information content (AvgIpc) is 2.27. The van der Waals surface area contributed by atoms with Crippen LogP contribution in [0, 0.1) is 11.6 Å². The van der Waals surface area contributed by atoms with E-state index in [0.717, 1.165) is 12.1 Å². The van der Waals surface area contributed by atoms with Crippen molar-refractivity contribution < 1.29 is 13.6 Å². The van der Waals surface area contributed by atoms with E-state index < -0.39 is 17.4 Å². The molecule has 2 N–H and O–H groups in total. The third-order valence-corrected chi connectivity index (χ3v) is 2.22. The van der Waals surface area contributed by atoms with Crippen molar-refractivity contribution >= 4 is 11.5 Å². The molecule has 1 aromatic carbocycles. The van der Waals surface area contributed by atoms with Gasteiger partial charge in [0.2, 0.25) is 0 Å². The molecular formula is C12H8F2N2O. The zero-order valence-corrected chi connectivity index (χ0v) is 8.65. The highest BCUT2D eigenvalue weighted by molar-refractivity contribution is 6.11. The van der Waals surface area contributed by atoms with Gasteiger partial charge in [0.1, 0.15) is 11.6 Å². The molecular weight excluding hydrogens is 226 g/mol. The number of nitrogens with zero attached hydrogens (tertiary/aromatic N) is 1. The van der Waals surface area contributed by atoms with Crippen molar-refractivity contribution in [3.63, 3.8) is 0 Å². The Balaban J connectivity index is 2.48. The predicted molar refractivity (Wildman–Crippen MR) is 58.4 cm³/mol. The number of carbonyl (C=O) groups is 1. The van der Waals surface area contributed by atoms with Gasteiger partial charge >= 0.3 is 0 Å². The first kappa shape index (κ1) is 11.2. The zero-order valence-electron chi connectivity index (χ0n) is 8.65. The maximum absolute atomic E-state index is 13.0. The van der Waals surface area contributed by atoms with Crippen LogP contribution in [-0.4, -0.2) is 10.8 Å². The first-order chi connectivity index (χ1) is 8.08. The van der Waals surface area contributed by atoms with Crippen molar-refractivity contribution in [2.75, 3.05) is 5.73 Å². The van der Waals surface area contributed by atoms with Crippen LogP contribution in [0.2, 0.25) is 0 Å². The maximum Gasteiger partial charge on any atom is 0.195 e. The fraction of sp³-hybridized carbons (Fsp3) is 0. The summed E-state index contributed by atoms with van der Waals surface area (Å²) in [7, 11) is 0. The largest absolute Gasteiger partial charge is 0.397 e. The Morgan fingerprint density at radius 2 is 1.82 bits per heavy atom. The third-order valence-electron chi connectivity index (χ3n) is 2.22. The average molecular weight is 234 g/mol. The minimum Gasteiger partial charge on any atom is -0.397 e. The Bertz CT molecular complexity index is 564. The molecule has 17 heavy (non-hydrogen) atoms. The summed E-state index contributed by atoms with van der Waals surface area (Å²) in [6.45, 7) is 0. The van der Waals surface area contributed by atoms with E-state index in [9.17, 15) is 13.6 Å². The van der Waals surface area contributed by atoms with Gasteiger partial charge in [-0.3, -0.25) is 9.78 Å². The molecule has 0 bridgehead atoms. The highest BCUT2D eigenvalue weighted by Gasteiger charge is 2.14. The minimum absolute atomic E-state index is 0.0830. The molecule has 1 heterocycles. The van der Waals surface area contributed by atoms with E-state index in [1.54, 1.807) is 0 Å². The van der Waals surface area contributed by atoms with Crippen LogP contribution in [0.4, 0.5) is 14.5 Å². The number of pyridine rings is 1. The molecule has 0 aliphatic rings. The number of anilines is 1. The van der Waals surface area contributed by atoms with E-state index in [2.05, 4.69) is 4.98 Å². The smallest absolute Gasteiger partial charge is 0.195 e. The van der Waals surface area contributed by atoms with Crippen molar-refractivity contribution in [3.8, 4) is 0 Å². The Labute approximate surface area is 95.9 Å². The molecule has 2 aromatic rings. The molecule has 0 aliphatic carbocycles. The lowest BCUT2D eigenvalue weighted by Gasteiger charge is -2.04. The molecule has 0 aliphatic heterocycles. The van der Waals surface area contributed by atoms with Crippen LogP contribution in [0.3, 0.4) is 0 Å². The van der Waals surface area contributed by atoms with Gasteiger partial charge in [-0.15, -0.1) is 0 Å². The fourth-order valence-electron chi connectivity index (χ4n) is 1.45. The molecule has 0 radical (unpaired) electrons. The van der Waals surface area contributed by atoms with Crippen LogP contribution in [0.1, 0.15) is 15.9 Å². The Morgan fingerprint density at radius 1 is 1.18 bits per heavy atom. The predicted octanol–water partition coefficient (Wildman–Crippen LogP) is 2.17. The summed E-state index contributed by atoms with van der Waals surface area (Å²) >= 11 is 0. The van der Waals surface area contributed by atoms with Gasteiger partial charge in [-0.1, -0.05) is 0 Å². The number of rotatable bonds is 2. The number of benzene rings is 1. The van der Waals surface area contributed by atoms with Gasteiger partial charge in [0.05, 0.1) is 11.9 Å². The van der Waals surface area contributed by atoms with Crippen molar-refractivity contribution in [3.05, 3.63) is 59.4 Å². The van der Waals surface area contributed by atoms with Crippen LogP contribution >= 0.6 is 0 Å². The number of carbonyl (C=O) groups excluding carboxylic acids is 1. The molecule has 0 unspecified atom stereocenters. The number of hydrogen-bond donors (Lipinski definition) is 1. The highest BCUT2D eigenvalue weighted by atomic mass is 19.1. The van der Waals surface area contributed by atoms with Crippen molar-refractivity contribution in [2.24, 2.45) is 0 Å². The minimum atomic E-state index is -0.805. The second kappa shape index (κ2) is 4.29. The van der Waals surface area contributed by atoms with Gasteiger partial charge in [0, 0.05) is 23.4 Å². The molecule has 1 aromatic heterocycles. The van der Waals surface area contributed by atoms with E-state index in [0.29, 0.717) is 6.07 Å². The SMILES string of the molecule is Nc1cnccc1C(=O)c1cc(F)cc(F)c1. The van der Waals surface area contributed by atoms with E-state index >= 15 is 0 Å². The molecule has 0 fully saturated rings. The van der Waals surface area contributed by atoms with Crippen LogP contribution in [0.15, 0.2) is 36.7 Å². The van der Waals surface area contributed by atoms with E-state index in [1.165, 1.54) is 18.5 Å². The Kier molecular flexibility index (Phi) is 2.82. The van der Waals surface area contributed by atoms with Crippen LogP contribution in [0.25, 0.3) is 0 Å². The third kappa shape index (κ3) is 2.28. The first-order valence-corrected chi connectivity index (χ1v) is 4.78. The number of nitrogens with two attached hydrogens (primary N) is 1. The summed E-state index contributed by atoms with van der Waals surface area (Å²) in [6.07, 6.45) is 2.70. The number of hydrogen-bond acceptors (Lipinski definition) is 3. The monoisotopic (exact) mass is 234 g/mol. The number of ketones is 1. The lowest BCUT2D eigenvalue weighted by Crippen LogP contribution is -2.06. The van der Waals surface area contributed by atoms with Gasteiger partial charge < -0.3 is 5.73 Å². The van der Waals surface area contributed by atoms with Crippen molar-refractivity contribution in [1.29, 1.82) is 0 Å². The van der Waals surface area contributed by atoms with E-state index in [4.69, 9.17) is 5.73 Å². The Hall–Kier alpha value is -2.30. The van der Waals surface area contributed by atoms with Crippen molar-refractivity contribution in [2.45, 2.75) is 0 Å². The second-order valence-corrected chi connectivity index (χ2v) is 3.45. The molecule has 2 rings (SSSR count). The standard InChI is InChI=1S/C12H8F2N2O/c13-8-3-7(4-9(14)5-8)12(17)10-1-2-16-6-11(10)15/h1-6H,15H2. The maximum atomic E-state index is 13.0. The van der Waals surface area contributed by atoms with Crippen molar-refractivity contribution in [1.82, 2.24) is 4.98 Å². The van der Waals surface area contributed by atoms with Gasteiger partial charge in [0.15, 0.2) is 5.78 Å². The van der Waals surface area contributed by atoms with Gasteiger partial charge in [0.25, 0.3) is 0 Å². The summed E-state index contributed by atoms with van der Waals surface area (Å²) in [5.41, 5.74) is 5.82. The first-order valence-electron chi connectivity index (χ1n) is 4.78. The number of nitrogen functional groups attached to an aromatic ring is 1. The molecule has 0 saturated carbocycles. The quantitative estimate of drug-likeness (QED) is 0.810. The zero-order chi connectivity index (χ0) is 12.4. The van der Waals surface area contributed by atoms with E-state index in [1.807, 2.05) is 0 Å². The molecule has 0 spiro atoms. The fourth-order valence-corrected chi connectivity index (χ4v) is 1.45. The number of halogens is 2. The second-order valence-electron chi connectivity index (χ2n) is 3.45. The number of aromatic nitrogens is 1. The van der Waals surface area contributed by atoms with Crippen LogP contribution in [-0.2, 0) is 0 Å². The summed E-state index contributed by atoms with van der Waals surface area (Å²) < 4.78 is 25.9. The molecule has 0 amide bonds. The summed E-state index contributed by atoms with van der Waals surface area (Å²) in [6, 6.07) is 4.03. The normalized spacial score (nSPS) is 10.2. The van der Waals surface area contributed by atoms with Crippen LogP contribution < -0.4 is 5.73 Å². The Morgan fingerprint density at radius 3 is 2.41 bits per heavy atom. The highest BCUT2D eigenvalue weighted by Crippen LogP contribution is 2.17.